The molecule has 338 valence electrons. The molecule has 0 aromatic rings. The zero-order chi connectivity index (χ0) is 43.5. The Morgan fingerprint density at radius 2 is 1.45 bits per heavy atom. The second kappa shape index (κ2) is 22.5. The average Bonchev–Trinajstić information content (AvgIpc) is 3.15. The van der Waals surface area contributed by atoms with Crippen molar-refractivity contribution in [1.82, 2.24) is 10.6 Å². The maximum Gasteiger partial charge on any atom is 0.397 e. The minimum absolute atomic E-state index is 0.143. The largest absolute Gasteiger partial charge is 0.477 e. The summed E-state index contributed by atoms with van der Waals surface area (Å²) >= 11 is 0. The van der Waals surface area contributed by atoms with Gasteiger partial charge in [0.25, 0.3) is 5.79 Å². The summed E-state index contributed by atoms with van der Waals surface area (Å²) in [5.74, 6) is -6.66. The number of rotatable bonds is 22. The van der Waals surface area contributed by atoms with Crippen LogP contribution in [0.25, 0.3) is 0 Å². The number of aliphatic hydroxyl groups is 8. The highest BCUT2D eigenvalue weighted by Crippen LogP contribution is 2.38. The highest BCUT2D eigenvalue weighted by Gasteiger charge is 2.60. The van der Waals surface area contributed by atoms with Crippen LogP contribution in [0.15, 0.2) is 0 Å². The van der Waals surface area contributed by atoms with Gasteiger partial charge in [0.15, 0.2) is 12.6 Å². The number of carboxylic acid groups (broad SMARTS) is 1. The summed E-state index contributed by atoms with van der Waals surface area (Å²) in [6.07, 6.45) is -21.2. The molecule has 3 heterocycles. The molecule has 0 radical (unpaired) electrons. The normalized spacial score (nSPS) is 36.8. The monoisotopic (exact) mass is 866 g/mol. The topological polar surface area (TPSA) is 376 Å². The number of aliphatic carboxylic acids is 1. The van der Waals surface area contributed by atoms with Crippen molar-refractivity contribution < 1.29 is 106 Å². The van der Waals surface area contributed by atoms with Crippen LogP contribution in [-0.4, -0.2) is 201 Å². The zero-order valence-electron chi connectivity index (χ0n) is 32.2. The smallest absolute Gasteiger partial charge is 0.397 e. The van der Waals surface area contributed by atoms with Gasteiger partial charge in [0.2, 0.25) is 11.8 Å². The van der Waals surface area contributed by atoms with E-state index >= 15 is 0 Å². The van der Waals surface area contributed by atoms with Crippen LogP contribution in [0.1, 0.15) is 65.7 Å². The van der Waals surface area contributed by atoms with Crippen molar-refractivity contribution in [2.45, 2.75) is 163 Å². The molecule has 58 heavy (non-hydrogen) atoms. The molecule has 0 aliphatic carbocycles. The summed E-state index contributed by atoms with van der Waals surface area (Å²) in [6.45, 7) is 1.17. The fraction of sp³-hybridized carbons (Fsp3) is 0.909. The second-order valence-corrected chi connectivity index (χ2v) is 15.5. The average molecular weight is 867 g/mol. The Bertz CT molecular complexity index is 1430. The molecule has 0 bridgehead atoms. The lowest BCUT2D eigenvalue weighted by Gasteiger charge is -2.51. The van der Waals surface area contributed by atoms with Crippen molar-refractivity contribution in [2.24, 2.45) is 0 Å². The number of hydrogen-bond donors (Lipinski definition) is 12. The van der Waals surface area contributed by atoms with E-state index in [0.717, 1.165) is 46.0 Å². The maximum atomic E-state index is 12.9. The van der Waals surface area contributed by atoms with Crippen LogP contribution >= 0.6 is 0 Å². The number of amides is 2. The van der Waals surface area contributed by atoms with Crippen LogP contribution in [0, 0.1) is 0 Å². The van der Waals surface area contributed by atoms with Crippen LogP contribution in [-0.2, 0) is 57.4 Å². The van der Waals surface area contributed by atoms with Gasteiger partial charge in [0, 0.05) is 26.9 Å². The number of carbonyl (C=O) groups excluding carboxylic acids is 2. The van der Waals surface area contributed by atoms with E-state index in [1.807, 2.05) is 0 Å². The summed E-state index contributed by atoms with van der Waals surface area (Å²) in [5.41, 5.74) is 0. The van der Waals surface area contributed by atoms with Crippen molar-refractivity contribution in [2.75, 3.05) is 26.4 Å². The molecule has 3 saturated heterocycles. The first-order valence-corrected chi connectivity index (χ1v) is 20.2. The molecule has 3 fully saturated rings. The minimum Gasteiger partial charge on any atom is -0.477 e. The Balaban J connectivity index is 1.97. The van der Waals surface area contributed by atoms with E-state index in [0.29, 0.717) is 6.42 Å². The molecule has 0 unspecified atom stereocenters. The lowest BCUT2D eigenvalue weighted by molar-refractivity contribution is -0.382. The maximum absolute atomic E-state index is 12.9. The molecule has 0 spiro atoms. The first kappa shape index (κ1) is 50.1. The number of carboxylic acids is 1. The van der Waals surface area contributed by atoms with Crippen LogP contribution < -0.4 is 10.6 Å². The van der Waals surface area contributed by atoms with Crippen molar-refractivity contribution in [3.8, 4) is 0 Å². The summed E-state index contributed by atoms with van der Waals surface area (Å²) in [5, 5.41) is 101. The highest BCUT2D eigenvalue weighted by molar-refractivity contribution is 7.80. The standard InChI is InChI=1S/C33H58N2O22S/c1-4-5-6-7-8-9-10-51-30-22(35-16(3)39)25(44)27(19(13-37)53-30)55-31-26(45)29(24(43)20(54-31)14-52-58(48,49)50)57-33(32(46)47)11-17(40)21(34-15(2)38)28(56-33)23(42)18(41)12-36/h17-31,36-37,40-45H,4-14H2,1-3H3,(H,34,38)(H,35,39)(H,46,47)(H,48,49,50)/t17-,18+,19+,20+,21+,22+,23+,24-,25+,26+,27+,28+,29-,30+,31-,33-/m0/s1. The van der Waals surface area contributed by atoms with Gasteiger partial charge in [-0.1, -0.05) is 39.0 Å². The van der Waals surface area contributed by atoms with E-state index in [1.54, 1.807) is 0 Å². The number of aliphatic hydroxyl groups excluding tert-OH is 8. The van der Waals surface area contributed by atoms with E-state index < -0.39 is 152 Å². The Kier molecular flexibility index (Phi) is 19.5. The van der Waals surface area contributed by atoms with Crippen molar-refractivity contribution in [1.29, 1.82) is 0 Å². The molecule has 16 atom stereocenters. The number of nitrogens with one attached hydrogen (secondary N) is 2. The van der Waals surface area contributed by atoms with E-state index in [9.17, 15) is 73.3 Å². The third kappa shape index (κ3) is 13.4. The van der Waals surface area contributed by atoms with E-state index in [2.05, 4.69) is 21.7 Å². The summed E-state index contributed by atoms with van der Waals surface area (Å²) in [6, 6.07) is -2.98. The fourth-order valence-electron chi connectivity index (χ4n) is 6.92. The van der Waals surface area contributed by atoms with E-state index in [1.165, 1.54) is 0 Å². The van der Waals surface area contributed by atoms with Crippen LogP contribution in [0.2, 0.25) is 0 Å². The number of carbonyl (C=O) groups is 3. The van der Waals surface area contributed by atoms with Crippen molar-refractivity contribution in [3.05, 3.63) is 0 Å². The molecule has 2 amide bonds. The van der Waals surface area contributed by atoms with Gasteiger partial charge in [-0.15, -0.1) is 0 Å². The quantitative estimate of drug-likeness (QED) is 0.0358. The molecule has 12 N–H and O–H groups in total. The number of hydrogen-bond acceptors (Lipinski definition) is 20. The minimum atomic E-state index is -5.23. The molecule has 3 rings (SSSR count). The van der Waals surface area contributed by atoms with Gasteiger partial charge in [-0.05, 0) is 6.42 Å². The molecule has 0 saturated carbocycles. The van der Waals surface area contributed by atoms with Gasteiger partial charge in [0.05, 0.1) is 32.0 Å². The van der Waals surface area contributed by atoms with Crippen molar-refractivity contribution in [3.63, 3.8) is 0 Å². The Labute approximate surface area is 334 Å². The lowest BCUT2D eigenvalue weighted by atomic mass is 9.88. The molecule has 0 aromatic heterocycles. The first-order chi connectivity index (χ1) is 27.2. The summed E-state index contributed by atoms with van der Waals surface area (Å²) in [4.78, 5) is 37.0. The van der Waals surface area contributed by atoms with Crippen LogP contribution in [0.3, 0.4) is 0 Å². The first-order valence-electron chi connectivity index (χ1n) is 18.8. The Morgan fingerprint density at radius 3 is 2.02 bits per heavy atom. The van der Waals surface area contributed by atoms with Gasteiger partial charge >= 0.3 is 16.4 Å². The molecular weight excluding hydrogens is 808 g/mol. The van der Waals surface area contributed by atoms with Gasteiger partial charge in [0.1, 0.15) is 67.1 Å². The molecule has 3 aliphatic rings. The molecule has 3 aliphatic heterocycles. The molecule has 25 heteroatoms. The second-order valence-electron chi connectivity index (χ2n) is 14.4. The third-order valence-electron chi connectivity index (χ3n) is 9.83. The molecule has 0 aromatic carbocycles. The van der Waals surface area contributed by atoms with Gasteiger partial charge in [-0.3, -0.25) is 14.1 Å². The van der Waals surface area contributed by atoms with Crippen LogP contribution in [0.5, 0.6) is 0 Å². The third-order valence-corrected chi connectivity index (χ3v) is 10.3. The van der Waals surface area contributed by atoms with E-state index in [4.69, 9.17) is 28.4 Å². The summed E-state index contributed by atoms with van der Waals surface area (Å²) in [7, 11) is -5.23. The molecular formula is C33H58N2O22S. The SMILES string of the molecule is CCCCCCCCO[C@@H]1O[C@H](CO)[C@@H](O[C@@H]2O[C@H](COS(=O)(=O)O)[C@H](O)[C@H](O[C@]3(C(=O)O)C[C@H](O)[C@@H](NC(C)=O)[C@H]([C@H](O)[C@H](O)CO)O3)[C@H]2O)[C@H](O)[C@H]1NC(C)=O. The predicted octanol–water partition coefficient (Wildman–Crippen LogP) is -4.87. The van der Waals surface area contributed by atoms with Crippen molar-refractivity contribution >= 4 is 28.2 Å². The Hall–Kier alpha value is -2.28. The lowest BCUT2D eigenvalue weighted by Crippen LogP contribution is -2.71. The highest BCUT2D eigenvalue weighted by atomic mass is 32.3. The summed E-state index contributed by atoms with van der Waals surface area (Å²) < 4.78 is 70.9. The number of unbranched alkanes of at least 4 members (excludes halogenated alkanes) is 5. The zero-order valence-corrected chi connectivity index (χ0v) is 33.0. The molecule has 24 nitrogen and oxygen atoms in total. The Morgan fingerprint density at radius 1 is 0.845 bits per heavy atom. The van der Waals surface area contributed by atoms with E-state index in [-0.39, 0.29) is 6.61 Å². The predicted molar refractivity (Wildman–Crippen MR) is 189 cm³/mol. The van der Waals surface area contributed by atoms with Gasteiger partial charge in [-0.2, -0.15) is 8.42 Å². The fourth-order valence-corrected chi connectivity index (χ4v) is 7.22. The van der Waals surface area contributed by atoms with Gasteiger partial charge in [-0.25, -0.2) is 8.98 Å². The van der Waals surface area contributed by atoms with Crippen LogP contribution in [0.4, 0.5) is 0 Å². The number of ether oxygens (including phenoxy) is 6. The van der Waals surface area contributed by atoms with Gasteiger partial charge < -0.3 is 85.0 Å².